The Morgan fingerprint density at radius 2 is 1.18 bits per heavy atom. The molecule has 1 aliphatic carbocycles. The highest BCUT2D eigenvalue weighted by Gasteiger charge is 2.17. The Labute approximate surface area is 139 Å². The first-order chi connectivity index (χ1) is 10.8. The summed E-state index contributed by atoms with van der Waals surface area (Å²) in [6.45, 7) is 3.29. The van der Waals surface area contributed by atoms with E-state index in [1.54, 1.807) is 0 Å². The van der Waals surface area contributed by atoms with E-state index in [1.165, 1.54) is 103 Å². The predicted octanol–water partition coefficient (Wildman–Crippen LogP) is 3.95. The summed E-state index contributed by atoms with van der Waals surface area (Å²) >= 11 is 0. The first-order valence-electron chi connectivity index (χ1n) is 9.99. The lowest BCUT2D eigenvalue weighted by Crippen LogP contribution is -2.32. The largest absolute Gasteiger partial charge is 0.330 e. The summed E-state index contributed by atoms with van der Waals surface area (Å²) in [7, 11) is 0. The van der Waals surface area contributed by atoms with E-state index in [0.717, 1.165) is 12.5 Å². The minimum atomic E-state index is 0.483. The van der Waals surface area contributed by atoms with E-state index in [2.05, 4.69) is 5.32 Å². The Morgan fingerprint density at radius 1 is 0.682 bits per heavy atom. The lowest BCUT2D eigenvalue weighted by Gasteiger charge is -2.26. The summed E-state index contributed by atoms with van der Waals surface area (Å²) in [6.07, 6.45) is 18.9. The molecule has 0 saturated heterocycles. The number of hydrogen-bond donors (Lipinski definition) is 3. The maximum absolute atomic E-state index is 5.95. The maximum Gasteiger partial charge on any atom is 0.00390 e. The van der Waals surface area contributed by atoms with Gasteiger partial charge in [-0.3, -0.25) is 0 Å². The van der Waals surface area contributed by atoms with Crippen molar-refractivity contribution in [1.82, 2.24) is 5.32 Å². The van der Waals surface area contributed by atoms with Crippen LogP contribution < -0.4 is 16.8 Å². The van der Waals surface area contributed by atoms with Crippen molar-refractivity contribution < 1.29 is 0 Å². The molecule has 1 rings (SSSR count). The molecule has 0 unspecified atom stereocenters. The van der Waals surface area contributed by atoms with Crippen molar-refractivity contribution in [3.05, 3.63) is 0 Å². The van der Waals surface area contributed by atoms with Crippen molar-refractivity contribution >= 4 is 0 Å². The van der Waals surface area contributed by atoms with Crippen LogP contribution in [-0.4, -0.2) is 25.7 Å². The third kappa shape index (κ3) is 11.4. The van der Waals surface area contributed by atoms with Crippen LogP contribution >= 0.6 is 0 Å². The molecular formula is C19H41N3. The van der Waals surface area contributed by atoms with Gasteiger partial charge in [0.2, 0.25) is 0 Å². The monoisotopic (exact) mass is 311 g/mol. The molecule has 1 aliphatic rings. The Hall–Kier alpha value is -0.120. The van der Waals surface area contributed by atoms with Crippen LogP contribution in [0.4, 0.5) is 0 Å². The average molecular weight is 312 g/mol. The molecule has 1 saturated carbocycles. The molecule has 0 heterocycles. The predicted molar refractivity (Wildman–Crippen MR) is 98.0 cm³/mol. The van der Waals surface area contributed by atoms with Crippen LogP contribution in [0.2, 0.25) is 0 Å². The van der Waals surface area contributed by atoms with E-state index in [9.17, 15) is 0 Å². The summed E-state index contributed by atoms with van der Waals surface area (Å²) < 4.78 is 0. The zero-order valence-electron chi connectivity index (χ0n) is 14.8. The molecule has 0 spiro atoms. The van der Waals surface area contributed by atoms with E-state index < -0.39 is 0 Å². The van der Waals surface area contributed by atoms with Gasteiger partial charge in [0.05, 0.1) is 0 Å². The standard InChI is InChI=1S/C19H41N3/c20-15-9-7-5-3-1-2-4-6-8-10-16-22-17-18-11-13-19(21)14-12-18/h18-19,22H,1-17,20-21H2. The molecular weight excluding hydrogens is 270 g/mol. The van der Waals surface area contributed by atoms with Crippen molar-refractivity contribution in [2.75, 3.05) is 19.6 Å². The molecule has 0 aromatic carbocycles. The second-order valence-electron chi connectivity index (χ2n) is 7.31. The summed E-state index contributed by atoms with van der Waals surface area (Å²) in [5.74, 6) is 0.888. The second-order valence-corrected chi connectivity index (χ2v) is 7.31. The van der Waals surface area contributed by atoms with E-state index >= 15 is 0 Å². The fourth-order valence-electron chi connectivity index (χ4n) is 3.51. The Kier molecular flexibility index (Phi) is 13.1. The van der Waals surface area contributed by atoms with Crippen molar-refractivity contribution in [1.29, 1.82) is 0 Å². The van der Waals surface area contributed by atoms with Gasteiger partial charge in [-0.2, -0.15) is 0 Å². The van der Waals surface area contributed by atoms with Gasteiger partial charge in [-0.1, -0.05) is 51.4 Å². The first kappa shape index (κ1) is 19.9. The summed E-state index contributed by atoms with van der Waals surface area (Å²) in [5, 5.41) is 3.65. The van der Waals surface area contributed by atoms with Gasteiger partial charge in [-0.25, -0.2) is 0 Å². The quantitative estimate of drug-likeness (QED) is 0.426. The van der Waals surface area contributed by atoms with Gasteiger partial charge in [-0.05, 0) is 64.1 Å². The molecule has 1 fully saturated rings. The van der Waals surface area contributed by atoms with Crippen LogP contribution in [0.15, 0.2) is 0 Å². The normalized spacial score (nSPS) is 22.1. The van der Waals surface area contributed by atoms with Crippen molar-refractivity contribution in [2.45, 2.75) is 95.9 Å². The fourth-order valence-corrected chi connectivity index (χ4v) is 3.51. The highest BCUT2D eigenvalue weighted by Crippen LogP contribution is 2.22. The molecule has 0 amide bonds. The number of nitrogens with two attached hydrogens (primary N) is 2. The number of hydrogen-bond acceptors (Lipinski definition) is 3. The minimum Gasteiger partial charge on any atom is -0.330 e. The Balaban J connectivity index is 1.71. The van der Waals surface area contributed by atoms with E-state index in [1.807, 2.05) is 0 Å². The van der Waals surface area contributed by atoms with Gasteiger partial charge < -0.3 is 16.8 Å². The van der Waals surface area contributed by atoms with Crippen LogP contribution in [0.25, 0.3) is 0 Å². The smallest absolute Gasteiger partial charge is 0.00390 e. The van der Waals surface area contributed by atoms with Crippen LogP contribution in [0, 0.1) is 5.92 Å². The van der Waals surface area contributed by atoms with Gasteiger partial charge in [0.1, 0.15) is 0 Å². The lowest BCUT2D eigenvalue weighted by molar-refractivity contribution is 0.314. The average Bonchev–Trinajstić information content (AvgIpc) is 2.53. The molecule has 0 aliphatic heterocycles. The molecule has 22 heavy (non-hydrogen) atoms. The van der Waals surface area contributed by atoms with Crippen LogP contribution in [0.1, 0.15) is 89.9 Å². The highest BCUT2D eigenvalue weighted by atomic mass is 14.9. The Morgan fingerprint density at radius 3 is 1.73 bits per heavy atom. The molecule has 0 atom stereocenters. The third-order valence-electron chi connectivity index (χ3n) is 5.13. The molecule has 3 heteroatoms. The van der Waals surface area contributed by atoms with Crippen LogP contribution in [0.5, 0.6) is 0 Å². The highest BCUT2D eigenvalue weighted by molar-refractivity contribution is 4.75. The molecule has 0 aromatic heterocycles. The summed E-state index contributed by atoms with van der Waals surface area (Å²) in [5.41, 5.74) is 11.4. The topological polar surface area (TPSA) is 64.1 Å². The first-order valence-corrected chi connectivity index (χ1v) is 9.99. The van der Waals surface area contributed by atoms with Gasteiger partial charge in [0.25, 0.3) is 0 Å². The number of unbranched alkanes of at least 4 members (excludes halogenated alkanes) is 9. The minimum absolute atomic E-state index is 0.483. The van der Waals surface area contributed by atoms with Gasteiger partial charge in [0.15, 0.2) is 0 Å². The third-order valence-corrected chi connectivity index (χ3v) is 5.13. The summed E-state index contributed by atoms with van der Waals surface area (Å²) in [6, 6.07) is 0.483. The van der Waals surface area contributed by atoms with E-state index in [0.29, 0.717) is 6.04 Å². The van der Waals surface area contributed by atoms with Crippen LogP contribution in [-0.2, 0) is 0 Å². The molecule has 0 bridgehead atoms. The molecule has 0 aromatic rings. The number of nitrogens with one attached hydrogen (secondary N) is 1. The van der Waals surface area contributed by atoms with Gasteiger partial charge >= 0.3 is 0 Å². The second kappa shape index (κ2) is 14.5. The lowest BCUT2D eigenvalue weighted by atomic mass is 9.86. The van der Waals surface area contributed by atoms with Gasteiger partial charge in [-0.15, -0.1) is 0 Å². The zero-order chi connectivity index (χ0) is 15.9. The fraction of sp³-hybridized carbons (Fsp3) is 1.00. The summed E-state index contributed by atoms with van der Waals surface area (Å²) in [4.78, 5) is 0. The van der Waals surface area contributed by atoms with Crippen LogP contribution in [0.3, 0.4) is 0 Å². The number of rotatable bonds is 14. The zero-order valence-corrected chi connectivity index (χ0v) is 14.8. The van der Waals surface area contributed by atoms with Gasteiger partial charge in [0, 0.05) is 6.04 Å². The van der Waals surface area contributed by atoms with E-state index in [4.69, 9.17) is 11.5 Å². The van der Waals surface area contributed by atoms with Crippen molar-refractivity contribution in [3.8, 4) is 0 Å². The SMILES string of the molecule is NCCCCCCCCCCCCNCC1CCC(N)CC1. The van der Waals surface area contributed by atoms with Crippen molar-refractivity contribution in [2.24, 2.45) is 17.4 Å². The van der Waals surface area contributed by atoms with Crippen molar-refractivity contribution in [3.63, 3.8) is 0 Å². The Bertz CT molecular complexity index is 225. The maximum atomic E-state index is 5.95. The molecule has 5 N–H and O–H groups in total. The molecule has 3 nitrogen and oxygen atoms in total. The molecule has 132 valence electrons. The molecule has 0 radical (unpaired) electrons. The van der Waals surface area contributed by atoms with E-state index in [-0.39, 0.29) is 0 Å².